The van der Waals surface area contributed by atoms with Crippen LogP contribution in [0.5, 0.6) is 0 Å². The van der Waals surface area contributed by atoms with Crippen molar-refractivity contribution in [1.29, 1.82) is 0 Å². The molecule has 3 heterocycles. The first-order valence-electron chi connectivity index (χ1n) is 8.45. The van der Waals surface area contributed by atoms with Crippen molar-refractivity contribution in [1.82, 2.24) is 35.0 Å². The van der Waals surface area contributed by atoms with E-state index in [-0.39, 0.29) is 12.5 Å². The van der Waals surface area contributed by atoms with E-state index in [1.807, 2.05) is 36.2 Å². The summed E-state index contributed by atoms with van der Waals surface area (Å²) in [6, 6.07) is 4.16. The number of tetrazole rings is 1. The van der Waals surface area contributed by atoms with Crippen molar-refractivity contribution in [2.45, 2.75) is 19.5 Å². The molecule has 0 atom stereocenters. The number of anilines is 1. The van der Waals surface area contributed by atoms with Gasteiger partial charge < -0.3 is 9.80 Å². The standard InChI is InChI=1S/C16H24N8O/c1-21(2)15-5-4-14(10-17-15)11-22-6-3-7-23(9-8-22)16(25)12-24-13-18-19-20-24/h4-5,10,13H,3,6-9,11-12H2,1-2H3. The Kier molecular flexibility index (Phi) is 5.54. The first kappa shape index (κ1) is 17.3. The van der Waals surface area contributed by atoms with Crippen LogP contribution in [-0.4, -0.2) is 81.2 Å². The van der Waals surface area contributed by atoms with Crippen LogP contribution in [0.2, 0.25) is 0 Å². The molecule has 0 spiro atoms. The monoisotopic (exact) mass is 344 g/mol. The van der Waals surface area contributed by atoms with E-state index in [0.29, 0.717) is 0 Å². The molecule has 9 heteroatoms. The summed E-state index contributed by atoms with van der Waals surface area (Å²) in [6.07, 6.45) is 4.36. The lowest BCUT2D eigenvalue weighted by molar-refractivity contribution is -0.131. The van der Waals surface area contributed by atoms with Gasteiger partial charge in [0.05, 0.1) is 0 Å². The third-order valence-corrected chi connectivity index (χ3v) is 4.30. The molecule has 0 bridgehead atoms. The summed E-state index contributed by atoms with van der Waals surface area (Å²) in [5.41, 5.74) is 1.19. The zero-order valence-electron chi connectivity index (χ0n) is 14.7. The number of carbonyl (C=O) groups excluding carboxylic acids is 1. The molecule has 0 aromatic carbocycles. The quantitative estimate of drug-likeness (QED) is 0.747. The van der Waals surface area contributed by atoms with Gasteiger partial charge in [-0.05, 0) is 28.5 Å². The van der Waals surface area contributed by atoms with Gasteiger partial charge >= 0.3 is 0 Å². The molecule has 1 saturated heterocycles. The van der Waals surface area contributed by atoms with E-state index in [1.54, 1.807) is 0 Å². The number of aromatic nitrogens is 5. The Morgan fingerprint density at radius 3 is 2.76 bits per heavy atom. The highest BCUT2D eigenvalue weighted by molar-refractivity contribution is 5.75. The normalized spacial score (nSPS) is 15.8. The fourth-order valence-corrected chi connectivity index (χ4v) is 2.90. The van der Waals surface area contributed by atoms with Gasteiger partial charge in [0.25, 0.3) is 0 Å². The van der Waals surface area contributed by atoms with Crippen molar-refractivity contribution in [3.05, 3.63) is 30.2 Å². The Morgan fingerprint density at radius 2 is 2.08 bits per heavy atom. The van der Waals surface area contributed by atoms with Gasteiger partial charge in [-0.1, -0.05) is 6.07 Å². The molecule has 0 aliphatic carbocycles. The second-order valence-corrected chi connectivity index (χ2v) is 6.44. The van der Waals surface area contributed by atoms with Gasteiger partial charge in [-0.3, -0.25) is 9.69 Å². The topological polar surface area (TPSA) is 83.3 Å². The minimum Gasteiger partial charge on any atom is -0.363 e. The lowest BCUT2D eigenvalue weighted by Crippen LogP contribution is -2.37. The molecule has 0 saturated carbocycles. The zero-order valence-corrected chi connectivity index (χ0v) is 14.7. The van der Waals surface area contributed by atoms with Crippen LogP contribution in [0.15, 0.2) is 24.7 Å². The highest BCUT2D eigenvalue weighted by Gasteiger charge is 2.19. The van der Waals surface area contributed by atoms with Gasteiger partial charge in [0.2, 0.25) is 5.91 Å². The van der Waals surface area contributed by atoms with Gasteiger partial charge in [-0.25, -0.2) is 9.67 Å². The van der Waals surface area contributed by atoms with Crippen LogP contribution >= 0.6 is 0 Å². The van der Waals surface area contributed by atoms with E-state index < -0.39 is 0 Å². The molecule has 0 N–H and O–H groups in total. The van der Waals surface area contributed by atoms with Crippen LogP contribution in [0, 0.1) is 0 Å². The van der Waals surface area contributed by atoms with Gasteiger partial charge in [-0.2, -0.15) is 0 Å². The Balaban J connectivity index is 1.51. The molecule has 3 rings (SSSR count). The van der Waals surface area contributed by atoms with E-state index in [1.165, 1.54) is 16.6 Å². The molecule has 1 amide bonds. The summed E-state index contributed by atoms with van der Waals surface area (Å²) in [5, 5.41) is 10.9. The van der Waals surface area contributed by atoms with E-state index in [2.05, 4.69) is 31.5 Å². The van der Waals surface area contributed by atoms with E-state index >= 15 is 0 Å². The minimum atomic E-state index is 0.0613. The van der Waals surface area contributed by atoms with Gasteiger partial charge in [-0.15, -0.1) is 5.10 Å². The molecule has 1 fully saturated rings. The summed E-state index contributed by atoms with van der Waals surface area (Å²) < 4.78 is 1.46. The van der Waals surface area contributed by atoms with Crippen molar-refractivity contribution in [2.75, 3.05) is 45.2 Å². The van der Waals surface area contributed by atoms with Crippen LogP contribution in [0.4, 0.5) is 5.82 Å². The maximum absolute atomic E-state index is 12.4. The van der Waals surface area contributed by atoms with E-state index in [9.17, 15) is 4.79 Å². The summed E-state index contributed by atoms with van der Waals surface area (Å²) in [6.45, 7) is 4.39. The summed E-state index contributed by atoms with van der Waals surface area (Å²) in [7, 11) is 3.97. The van der Waals surface area contributed by atoms with E-state index in [0.717, 1.165) is 45.0 Å². The van der Waals surface area contributed by atoms with Gasteiger partial charge in [0.15, 0.2) is 0 Å². The maximum atomic E-state index is 12.4. The molecule has 1 aliphatic heterocycles. The van der Waals surface area contributed by atoms with Crippen molar-refractivity contribution in [3.8, 4) is 0 Å². The molecule has 25 heavy (non-hydrogen) atoms. The Morgan fingerprint density at radius 1 is 1.20 bits per heavy atom. The third kappa shape index (κ3) is 4.72. The van der Waals surface area contributed by atoms with Crippen LogP contribution in [0.1, 0.15) is 12.0 Å². The fraction of sp³-hybridized carbons (Fsp3) is 0.562. The predicted octanol–water partition coefficient (Wildman–Crippen LogP) is -0.131. The minimum absolute atomic E-state index is 0.0613. The van der Waals surface area contributed by atoms with Crippen LogP contribution in [0.3, 0.4) is 0 Å². The number of carbonyl (C=O) groups is 1. The van der Waals surface area contributed by atoms with E-state index in [4.69, 9.17) is 0 Å². The van der Waals surface area contributed by atoms with Crippen LogP contribution in [0.25, 0.3) is 0 Å². The van der Waals surface area contributed by atoms with Crippen LogP contribution < -0.4 is 4.90 Å². The molecule has 134 valence electrons. The van der Waals surface area contributed by atoms with Crippen molar-refractivity contribution < 1.29 is 4.79 Å². The molecule has 2 aromatic heterocycles. The molecule has 9 nitrogen and oxygen atoms in total. The Hall–Kier alpha value is -2.55. The fourth-order valence-electron chi connectivity index (χ4n) is 2.90. The summed E-state index contributed by atoms with van der Waals surface area (Å²) in [4.78, 5) is 23.1. The lowest BCUT2D eigenvalue weighted by Gasteiger charge is -2.22. The first-order valence-corrected chi connectivity index (χ1v) is 8.45. The van der Waals surface area contributed by atoms with Gasteiger partial charge in [0.1, 0.15) is 18.7 Å². The zero-order chi connectivity index (χ0) is 17.6. The van der Waals surface area contributed by atoms with Crippen molar-refractivity contribution >= 4 is 11.7 Å². The number of rotatable bonds is 5. The molecular formula is C16H24N8O. The molecule has 0 radical (unpaired) electrons. The van der Waals surface area contributed by atoms with Crippen LogP contribution in [-0.2, 0) is 17.9 Å². The average molecular weight is 344 g/mol. The summed E-state index contributed by atoms with van der Waals surface area (Å²) >= 11 is 0. The second-order valence-electron chi connectivity index (χ2n) is 6.44. The molecule has 0 unspecified atom stereocenters. The Bertz CT molecular complexity index is 670. The highest BCUT2D eigenvalue weighted by atomic mass is 16.2. The number of hydrogen-bond acceptors (Lipinski definition) is 7. The number of nitrogens with zero attached hydrogens (tertiary/aromatic N) is 8. The third-order valence-electron chi connectivity index (χ3n) is 4.30. The van der Waals surface area contributed by atoms with Crippen molar-refractivity contribution in [2.24, 2.45) is 0 Å². The average Bonchev–Trinajstić information content (AvgIpc) is 2.99. The molecular weight excluding hydrogens is 320 g/mol. The summed E-state index contributed by atoms with van der Waals surface area (Å²) in [5.74, 6) is 1.02. The molecule has 1 aliphatic rings. The lowest BCUT2D eigenvalue weighted by atomic mass is 10.2. The Labute approximate surface area is 147 Å². The maximum Gasteiger partial charge on any atom is 0.244 e. The predicted molar refractivity (Wildman–Crippen MR) is 92.9 cm³/mol. The van der Waals surface area contributed by atoms with Crippen molar-refractivity contribution in [3.63, 3.8) is 0 Å². The highest BCUT2D eigenvalue weighted by Crippen LogP contribution is 2.12. The largest absolute Gasteiger partial charge is 0.363 e. The molecule has 2 aromatic rings. The second kappa shape index (κ2) is 8.02. The number of hydrogen-bond donors (Lipinski definition) is 0. The SMILES string of the molecule is CN(C)c1ccc(CN2CCCN(C(=O)Cn3cnnn3)CC2)cn1. The number of pyridine rings is 1. The van der Waals surface area contributed by atoms with Gasteiger partial charge in [0, 0.05) is 53.0 Å². The number of amides is 1. The smallest absolute Gasteiger partial charge is 0.244 e. The first-order chi connectivity index (χ1) is 12.1.